The summed E-state index contributed by atoms with van der Waals surface area (Å²) in [6, 6.07) is 157. The minimum absolute atomic E-state index is 0.646. The van der Waals surface area contributed by atoms with Crippen LogP contribution in [0.1, 0.15) is 44.5 Å². The van der Waals surface area contributed by atoms with Gasteiger partial charge in [0, 0.05) is 93.9 Å². The van der Waals surface area contributed by atoms with Crippen LogP contribution in [0.2, 0.25) is 0 Å². The predicted molar refractivity (Wildman–Crippen MR) is 518 cm³/mol. The third-order valence-electron chi connectivity index (χ3n) is 26.8. The second kappa shape index (κ2) is 28.8. The molecule has 22 aromatic rings. The Kier molecular flexibility index (Phi) is 16.4. The summed E-state index contributed by atoms with van der Waals surface area (Å²) in [6.07, 6.45) is 0. The zero-order valence-electron chi connectivity index (χ0n) is 69.1. The van der Waals surface area contributed by atoms with Crippen LogP contribution >= 0.6 is 0 Å². The molecule has 0 bridgehead atoms. The van der Waals surface area contributed by atoms with Crippen LogP contribution in [0.25, 0.3) is 189 Å². The Bertz CT molecular complexity index is 8300. The van der Waals surface area contributed by atoms with Crippen molar-refractivity contribution in [3.05, 3.63) is 481 Å². The van der Waals surface area contributed by atoms with Gasteiger partial charge < -0.3 is 9.47 Å². The maximum absolute atomic E-state index is 7.44. The van der Waals surface area contributed by atoms with Crippen molar-refractivity contribution >= 4 is 43.4 Å². The molecule has 26 rings (SSSR count). The number of hydrogen-bond donors (Lipinski definition) is 0. The summed E-state index contributed by atoms with van der Waals surface area (Å²) in [5.74, 6) is 4.46. The fraction of sp³-hybridized carbons (Fsp3) is 0.0167. The first-order valence-corrected chi connectivity index (χ1v) is 43.6. The van der Waals surface area contributed by atoms with Crippen LogP contribution in [0.5, 0.6) is 23.0 Å². The van der Waals surface area contributed by atoms with Gasteiger partial charge in [-0.3, -0.25) is 0 Å². The molecular formula is C120H72N6O2. The lowest BCUT2D eigenvalue weighted by Crippen LogP contribution is -2.32. The number of fused-ring (bicyclic) bond motifs is 24. The molecule has 8 heteroatoms. The molecule has 4 aromatic heterocycles. The highest BCUT2D eigenvalue weighted by Gasteiger charge is 2.53. The van der Waals surface area contributed by atoms with E-state index in [2.05, 4.69) is 394 Å². The number of aromatic nitrogens is 6. The average molecular weight is 1630 g/mol. The van der Waals surface area contributed by atoms with Crippen LogP contribution in [0.3, 0.4) is 0 Å². The van der Waals surface area contributed by atoms with Gasteiger partial charge in [0.05, 0.1) is 56.0 Å². The van der Waals surface area contributed by atoms with Gasteiger partial charge in [-0.1, -0.05) is 370 Å². The standard InChI is InChI=1S/C120H72N6O2/c1-5-27-73(28-6-1)75-51-53-76(54-52-75)106-71-107(123-117(122-106)81-31-9-3-10-32-81)77-55-59-79(60-56-77)114-95-69-113-104(67-93(95)91-40-16-22-48-105(91)121-114)120(101-47-21-24-50-111(101)128-113)99-45-19-15-39-89(99)90-64-63-84(66-102(90)120)86-41-26-42-92-94-68-103-112(127-110-49-23-20-46-100(110)119(103)97-43-17-13-37-87(97)88-38-14-18-44-98(88)119)70-96(94)115(126-116(86)92)80-61-57-78(58-62-80)108-72-109(125-118(124-108)82-33-11-4-12-34-82)85-36-25-35-83(65-85)74-29-7-2-8-30-74/h1-72H. The molecule has 4 aliphatic rings. The van der Waals surface area contributed by atoms with Gasteiger partial charge in [-0.05, 0) is 150 Å². The summed E-state index contributed by atoms with van der Waals surface area (Å²) in [4.78, 5) is 32.8. The SMILES string of the molecule is c1ccc(-c2ccc(-c3cc(-c4ccc(-c5nc6ccccc6c6cc7c(cc56)Oc5ccccc5C75c6ccccc6-c6ccc(-c7cccc8c7nc(-c7ccc(-c9cc(-c%10cccc(-c%11ccccc%11)c%10)nc(-c%10ccccc%10)n9)cc7)c7cc9c(cc78)C7(c8ccccc8O9)c8ccccc8-c8ccccc87)cc65)cc4)nc(-c4ccccc4)n3)cc2)cc1. The lowest BCUT2D eigenvalue weighted by atomic mass is 9.65. The summed E-state index contributed by atoms with van der Waals surface area (Å²) in [7, 11) is 0. The normalized spacial score (nSPS) is 13.8. The molecule has 0 saturated heterocycles. The van der Waals surface area contributed by atoms with Gasteiger partial charge in [0.1, 0.15) is 23.0 Å². The van der Waals surface area contributed by atoms with Gasteiger partial charge in [0.2, 0.25) is 0 Å². The maximum atomic E-state index is 7.44. The third kappa shape index (κ3) is 11.3. The lowest BCUT2D eigenvalue weighted by Gasteiger charge is -2.40. The molecule has 0 saturated carbocycles. The van der Waals surface area contributed by atoms with Crippen molar-refractivity contribution in [3.63, 3.8) is 0 Å². The van der Waals surface area contributed by atoms with Gasteiger partial charge in [-0.25, -0.2) is 29.9 Å². The number of hydrogen-bond acceptors (Lipinski definition) is 8. The largest absolute Gasteiger partial charge is 0.457 e. The highest BCUT2D eigenvalue weighted by atomic mass is 16.5. The van der Waals surface area contributed by atoms with Gasteiger partial charge in [0.25, 0.3) is 0 Å². The first kappa shape index (κ1) is 72.7. The minimum atomic E-state index is -0.876. The number of rotatable bonds is 11. The zero-order valence-corrected chi connectivity index (χ0v) is 69.1. The van der Waals surface area contributed by atoms with E-state index < -0.39 is 10.8 Å². The number of pyridine rings is 2. The molecule has 2 spiro atoms. The summed E-state index contributed by atoms with van der Waals surface area (Å²) in [5, 5.41) is 6.14. The van der Waals surface area contributed by atoms with Gasteiger partial charge in [-0.15, -0.1) is 0 Å². The van der Waals surface area contributed by atoms with E-state index in [1.165, 1.54) is 38.9 Å². The summed E-state index contributed by atoms with van der Waals surface area (Å²) in [6.45, 7) is 0. The molecule has 6 heterocycles. The molecule has 1 unspecified atom stereocenters. The van der Waals surface area contributed by atoms with Crippen molar-refractivity contribution in [2.24, 2.45) is 0 Å². The van der Waals surface area contributed by atoms with Crippen LogP contribution in [0.15, 0.2) is 437 Å². The van der Waals surface area contributed by atoms with Crippen molar-refractivity contribution in [2.45, 2.75) is 10.8 Å². The summed E-state index contributed by atoms with van der Waals surface area (Å²) >= 11 is 0. The van der Waals surface area contributed by atoms with Gasteiger partial charge in [0.15, 0.2) is 11.6 Å². The fourth-order valence-electron chi connectivity index (χ4n) is 21.0. The van der Waals surface area contributed by atoms with E-state index in [-0.39, 0.29) is 0 Å². The Balaban J connectivity index is 0.650. The first-order valence-electron chi connectivity index (χ1n) is 43.6. The molecule has 594 valence electrons. The second-order valence-corrected chi connectivity index (χ2v) is 33.7. The van der Waals surface area contributed by atoms with E-state index in [4.69, 9.17) is 39.4 Å². The molecule has 0 radical (unpaired) electrons. The molecule has 18 aromatic carbocycles. The Morgan fingerprint density at radius 1 is 0.164 bits per heavy atom. The smallest absolute Gasteiger partial charge is 0.160 e. The predicted octanol–water partition coefficient (Wildman–Crippen LogP) is 29.9. The van der Waals surface area contributed by atoms with Crippen LogP contribution in [0, 0.1) is 0 Å². The molecular weight excluding hydrogens is 1560 g/mol. The Morgan fingerprint density at radius 3 is 1.04 bits per heavy atom. The first-order chi connectivity index (χ1) is 63.4. The maximum Gasteiger partial charge on any atom is 0.160 e. The van der Waals surface area contributed by atoms with E-state index in [0.29, 0.717) is 11.6 Å². The zero-order chi connectivity index (χ0) is 84.1. The van der Waals surface area contributed by atoms with Crippen molar-refractivity contribution < 1.29 is 9.47 Å². The van der Waals surface area contributed by atoms with E-state index in [1.807, 2.05) is 42.5 Å². The number of benzene rings is 18. The van der Waals surface area contributed by atoms with Gasteiger partial charge >= 0.3 is 0 Å². The lowest BCUT2D eigenvalue weighted by molar-refractivity contribution is 0.437. The van der Waals surface area contributed by atoms with Crippen molar-refractivity contribution in [2.75, 3.05) is 0 Å². The number of ether oxygens (including phenoxy) is 2. The minimum Gasteiger partial charge on any atom is -0.457 e. The van der Waals surface area contributed by atoms with Crippen molar-refractivity contribution in [1.82, 2.24) is 29.9 Å². The molecule has 0 fully saturated rings. The molecule has 0 N–H and O–H groups in total. The molecule has 2 aliphatic heterocycles. The van der Waals surface area contributed by atoms with E-state index >= 15 is 0 Å². The molecule has 0 amide bonds. The molecule has 8 nitrogen and oxygen atoms in total. The number of para-hydroxylation sites is 4. The quantitative estimate of drug-likeness (QED) is 0.118. The fourth-order valence-corrected chi connectivity index (χ4v) is 21.0. The Morgan fingerprint density at radius 2 is 0.516 bits per heavy atom. The number of nitrogens with zero attached hydrogens (tertiary/aromatic N) is 6. The Labute approximate surface area is 738 Å². The monoisotopic (exact) mass is 1630 g/mol. The topological polar surface area (TPSA) is 95.8 Å². The van der Waals surface area contributed by atoms with Crippen LogP contribution in [-0.4, -0.2) is 29.9 Å². The van der Waals surface area contributed by atoms with Crippen LogP contribution in [0.4, 0.5) is 0 Å². The van der Waals surface area contributed by atoms with E-state index in [0.717, 1.165) is 206 Å². The van der Waals surface area contributed by atoms with E-state index in [1.54, 1.807) is 0 Å². The van der Waals surface area contributed by atoms with Crippen LogP contribution < -0.4 is 9.47 Å². The van der Waals surface area contributed by atoms with Crippen molar-refractivity contribution in [1.29, 1.82) is 0 Å². The van der Waals surface area contributed by atoms with Crippen LogP contribution in [-0.2, 0) is 10.8 Å². The summed E-state index contributed by atoms with van der Waals surface area (Å²) in [5.41, 5.74) is 33.2. The summed E-state index contributed by atoms with van der Waals surface area (Å²) < 4.78 is 14.8. The van der Waals surface area contributed by atoms with Crippen molar-refractivity contribution in [3.8, 4) is 169 Å². The second-order valence-electron chi connectivity index (χ2n) is 33.7. The Hall–Kier alpha value is -16.9. The highest BCUT2D eigenvalue weighted by Crippen LogP contribution is 2.66. The molecule has 1 atom stereocenters. The highest BCUT2D eigenvalue weighted by molar-refractivity contribution is 6.16. The molecule has 128 heavy (non-hydrogen) atoms. The average Bonchev–Trinajstić information content (AvgIpc) is 1.50. The third-order valence-corrected chi connectivity index (χ3v) is 26.8. The van der Waals surface area contributed by atoms with Gasteiger partial charge in [-0.2, -0.15) is 0 Å². The molecule has 2 aliphatic carbocycles. The van der Waals surface area contributed by atoms with E-state index in [9.17, 15) is 0 Å².